The summed E-state index contributed by atoms with van der Waals surface area (Å²) in [5, 5.41) is 0.0109. The van der Waals surface area contributed by atoms with Gasteiger partial charge in [-0.25, -0.2) is 0 Å². The maximum absolute atomic E-state index is 14.5. The zero-order chi connectivity index (χ0) is 25.9. The van der Waals surface area contributed by atoms with E-state index in [0.29, 0.717) is 19.6 Å². The molecular formula is C30H32BrN2O3P. The Morgan fingerprint density at radius 2 is 1.41 bits per heavy atom. The Balaban J connectivity index is 1.58. The summed E-state index contributed by atoms with van der Waals surface area (Å²) in [7, 11) is 0. The Kier molecular flexibility index (Phi) is 7.24. The third kappa shape index (κ3) is 4.20. The van der Waals surface area contributed by atoms with Crippen LogP contribution in [0.25, 0.3) is 0 Å². The van der Waals surface area contributed by atoms with Crippen LogP contribution in [0.2, 0.25) is 0 Å². The number of hydrogen-bond acceptors (Lipinski definition) is 3. The first-order chi connectivity index (χ1) is 18.0. The van der Waals surface area contributed by atoms with Crippen LogP contribution in [-0.4, -0.2) is 59.7 Å². The van der Waals surface area contributed by atoms with Gasteiger partial charge in [0.1, 0.15) is 0 Å². The molecule has 0 spiro atoms. The number of benzene rings is 3. The molecule has 0 saturated carbocycles. The standard InChI is InChI=1S/C30H32BrN2O3P/c1-2-22-36-30(35)32-20-18-24(23-32)33-21-19-28(29(33)34)37(31,25-12-6-3-7-13-25,26-14-8-4-9-15-26)27-16-10-5-11-17-27/h2-17,24,28H,1,18-23H2. The van der Waals surface area contributed by atoms with Crippen molar-refractivity contribution >= 4 is 48.7 Å². The molecule has 2 fully saturated rings. The maximum atomic E-state index is 14.5. The Bertz CT molecular complexity index is 1170. The second kappa shape index (κ2) is 10.4. The Morgan fingerprint density at radius 3 is 1.89 bits per heavy atom. The van der Waals surface area contributed by atoms with Gasteiger partial charge < -0.3 is 0 Å². The molecule has 2 aliphatic rings. The van der Waals surface area contributed by atoms with E-state index in [4.69, 9.17) is 4.74 Å². The van der Waals surface area contributed by atoms with E-state index in [1.807, 2.05) is 23.1 Å². The fourth-order valence-corrected chi connectivity index (χ4v) is 14.7. The summed E-state index contributed by atoms with van der Waals surface area (Å²) >= 11 is 4.47. The van der Waals surface area contributed by atoms with Gasteiger partial charge in [0, 0.05) is 0 Å². The van der Waals surface area contributed by atoms with Gasteiger partial charge in [0.25, 0.3) is 0 Å². The molecule has 0 radical (unpaired) electrons. The van der Waals surface area contributed by atoms with Crippen molar-refractivity contribution in [2.45, 2.75) is 24.5 Å². The van der Waals surface area contributed by atoms with Gasteiger partial charge in [-0.2, -0.15) is 0 Å². The molecule has 0 aromatic heterocycles. The van der Waals surface area contributed by atoms with Crippen LogP contribution in [0, 0.1) is 0 Å². The van der Waals surface area contributed by atoms with Gasteiger partial charge in [-0.05, 0) is 0 Å². The molecule has 2 heterocycles. The van der Waals surface area contributed by atoms with Crippen molar-refractivity contribution in [1.82, 2.24) is 9.80 Å². The molecule has 0 N–H and O–H groups in total. The number of nitrogens with zero attached hydrogens (tertiary/aromatic N) is 2. The van der Waals surface area contributed by atoms with E-state index in [1.54, 1.807) is 11.0 Å². The summed E-state index contributed by atoms with van der Waals surface area (Å²) in [6.07, 6.45) is 2.71. The molecule has 0 bridgehead atoms. The number of carbonyl (C=O) groups is 2. The molecule has 7 heteroatoms. The van der Waals surface area contributed by atoms with Crippen molar-refractivity contribution in [3.8, 4) is 0 Å². The number of carbonyl (C=O) groups excluding carboxylic acids is 2. The third-order valence-electron chi connectivity index (χ3n) is 7.77. The molecule has 192 valence electrons. The normalized spacial score (nSPS) is 20.9. The van der Waals surface area contributed by atoms with E-state index in [0.717, 1.165) is 28.8 Å². The van der Waals surface area contributed by atoms with Crippen LogP contribution in [-0.2, 0) is 9.53 Å². The Hall–Kier alpha value is -2.95. The van der Waals surface area contributed by atoms with Crippen molar-refractivity contribution in [2.24, 2.45) is 0 Å². The molecule has 5 nitrogen and oxygen atoms in total. The monoisotopic (exact) mass is 578 g/mol. The first-order valence-electron chi connectivity index (χ1n) is 12.7. The number of hydrogen-bond donors (Lipinski definition) is 0. The number of ether oxygens (including phenoxy) is 1. The zero-order valence-electron chi connectivity index (χ0n) is 20.8. The predicted molar refractivity (Wildman–Crippen MR) is 156 cm³/mol. The van der Waals surface area contributed by atoms with Crippen LogP contribution in [0.3, 0.4) is 0 Å². The van der Waals surface area contributed by atoms with Crippen molar-refractivity contribution in [3.63, 3.8) is 0 Å². The van der Waals surface area contributed by atoms with Gasteiger partial charge in [-0.1, -0.05) is 0 Å². The first-order valence-corrected chi connectivity index (χ1v) is 17.0. The van der Waals surface area contributed by atoms with E-state index in [2.05, 4.69) is 94.9 Å². The van der Waals surface area contributed by atoms with Crippen molar-refractivity contribution in [3.05, 3.63) is 104 Å². The average molecular weight is 579 g/mol. The SMILES string of the molecule is C=CCOC(=O)N1CCC(N2CCC(P(Br)(c3ccccc3)(c3ccccc3)c3ccccc3)C2=O)C1. The van der Waals surface area contributed by atoms with Crippen molar-refractivity contribution < 1.29 is 14.3 Å². The molecule has 2 atom stereocenters. The van der Waals surface area contributed by atoms with E-state index in [1.165, 1.54) is 0 Å². The molecule has 5 rings (SSSR count). The Labute approximate surface area is 226 Å². The van der Waals surface area contributed by atoms with Gasteiger partial charge in [0.15, 0.2) is 0 Å². The molecule has 2 saturated heterocycles. The van der Waals surface area contributed by atoms with Crippen molar-refractivity contribution in [1.29, 1.82) is 0 Å². The zero-order valence-corrected chi connectivity index (χ0v) is 23.3. The molecule has 2 unspecified atom stereocenters. The predicted octanol–water partition coefficient (Wildman–Crippen LogP) is 4.82. The topological polar surface area (TPSA) is 49.9 Å². The molecule has 2 amide bonds. The number of likely N-dealkylation sites (tertiary alicyclic amines) is 2. The number of amides is 2. The molecule has 3 aromatic rings. The minimum atomic E-state index is -3.43. The summed E-state index contributed by atoms with van der Waals surface area (Å²) in [6, 6.07) is 31.4. The summed E-state index contributed by atoms with van der Waals surface area (Å²) < 4.78 is 5.24. The van der Waals surface area contributed by atoms with Crippen LogP contribution >= 0.6 is 20.8 Å². The average Bonchev–Trinajstić information content (AvgIpc) is 3.60. The second-order valence-corrected chi connectivity index (χ2v) is 18.4. The number of halogens is 1. The number of rotatable bonds is 7. The van der Waals surface area contributed by atoms with Gasteiger partial charge in [-0.15, -0.1) is 0 Å². The van der Waals surface area contributed by atoms with E-state index in [-0.39, 0.29) is 30.3 Å². The van der Waals surface area contributed by atoms with Crippen LogP contribution in [0.5, 0.6) is 0 Å². The molecule has 0 aliphatic carbocycles. The van der Waals surface area contributed by atoms with Crippen molar-refractivity contribution in [2.75, 3.05) is 26.2 Å². The minimum absolute atomic E-state index is 0.0162. The van der Waals surface area contributed by atoms with E-state index < -0.39 is 5.31 Å². The van der Waals surface area contributed by atoms with Crippen LogP contribution in [0.1, 0.15) is 12.8 Å². The van der Waals surface area contributed by atoms with Crippen LogP contribution in [0.15, 0.2) is 104 Å². The summed E-state index contributed by atoms with van der Waals surface area (Å²) in [5.41, 5.74) is -0.264. The molecule has 37 heavy (non-hydrogen) atoms. The van der Waals surface area contributed by atoms with Gasteiger partial charge >= 0.3 is 227 Å². The summed E-state index contributed by atoms with van der Waals surface area (Å²) in [5.74, 6) is 0.150. The molecular weight excluding hydrogens is 547 g/mol. The van der Waals surface area contributed by atoms with Crippen LogP contribution in [0.4, 0.5) is 4.79 Å². The summed E-state index contributed by atoms with van der Waals surface area (Å²) in [6.45, 7) is 5.55. The Morgan fingerprint density at radius 1 is 0.892 bits per heavy atom. The first kappa shape index (κ1) is 25.7. The quantitative estimate of drug-likeness (QED) is 0.298. The second-order valence-electron chi connectivity index (χ2n) is 9.67. The molecule has 3 aromatic carbocycles. The molecule has 2 aliphatic heterocycles. The fraction of sp³-hybridized carbons (Fsp3) is 0.267. The van der Waals surface area contributed by atoms with E-state index >= 15 is 0 Å². The van der Waals surface area contributed by atoms with Gasteiger partial charge in [-0.3, -0.25) is 0 Å². The fourth-order valence-electron chi connectivity index (χ4n) is 6.03. The van der Waals surface area contributed by atoms with E-state index in [9.17, 15) is 9.59 Å². The van der Waals surface area contributed by atoms with Crippen LogP contribution < -0.4 is 15.9 Å². The van der Waals surface area contributed by atoms with Gasteiger partial charge in [0.05, 0.1) is 0 Å². The third-order valence-corrected chi connectivity index (χ3v) is 18.5. The summed E-state index contributed by atoms with van der Waals surface area (Å²) in [4.78, 5) is 30.6. The van der Waals surface area contributed by atoms with Gasteiger partial charge in [0.2, 0.25) is 0 Å².